The van der Waals surface area contributed by atoms with Gasteiger partial charge < -0.3 is 19.5 Å². The molecule has 43 heavy (non-hydrogen) atoms. The van der Waals surface area contributed by atoms with Crippen LogP contribution in [0.4, 0.5) is 5.95 Å². The number of esters is 1. The molecule has 3 aromatic carbocycles. The third-order valence-corrected chi connectivity index (χ3v) is 8.81. The number of rotatable bonds is 11. The summed E-state index contributed by atoms with van der Waals surface area (Å²) >= 11 is 17.8. The van der Waals surface area contributed by atoms with E-state index in [4.69, 9.17) is 47.5 Å². The molecule has 8 nitrogen and oxygen atoms in total. The number of fused-ring (bicyclic) bond motifs is 1. The largest absolute Gasteiger partial charge is 0.493 e. The van der Waals surface area contributed by atoms with E-state index in [1.807, 2.05) is 60.7 Å². The molecule has 0 bridgehead atoms. The quantitative estimate of drug-likeness (QED) is 0.0951. The second-order valence-electron chi connectivity index (χ2n) is 9.41. The van der Waals surface area contributed by atoms with Crippen LogP contribution in [-0.2, 0) is 21.9 Å². The first-order valence-electron chi connectivity index (χ1n) is 13.1. The molecule has 1 aliphatic heterocycles. The molecule has 0 radical (unpaired) electrons. The zero-order chi connectivity index (χ0) is 30.5. The Morgan fingerprint density at radius 2 is 1.84 bits per heavy atom. The van der Waals surface area contributed by atoms with Crippen LogP contribution in [0.5, 0.6) is 11.5 Å². The van der Waals surface area contributed by atoms with E-state index < -0.39 is 12.0 Å². The van der Waals surface area contributed by atoms with E-state index in [1.54, 1.807) is 18.7 Å². The van der Waals surface area contributed by atoms with Gasteiger partial charge in [0.2, 0.25) is 11.1 Å². The molecule has 1 atom stereocenters. The zero-order valence-corrected chi connectivity index (χ0v) is 27.2. The van der Waals surface area contributed by atoms with Gasteiger partial charge in [0, 0.05) is 27.1 Å². The molecule has 222 valence electrons. The van der Waals surface area contributed by atoms with Crippen LogP contribution in [0.15, 0.2) is 94.2 Å². The molecule has 1 N–H and O–H groups in total. The van der Waals surface area contributed by atoms with Crippen LogP contribution in [0.1, 0.15) is 29.7 Å². The minimum absolute atomic E-state index is 0.0628. The number of methoxy groups -OCH3 is 1. The number of allylic oxidation sites excluding steroid dienone is 1. The topological polar surface area (TPSA) is 87.5 Å². The van der Waals surface area contributed by atoms with Gasteiger partial charge in [-0.1, -0.05) is 84.0 Å². The number of carbonyl (C=O) groups excluding carboxylic acids is 1. The number of ether oxygens (including phenoxy) is 3. The predicted molar refractivity (Wildman–Crippen MR) is 173 cm³/mol. The molecular weight excluding hydrogens is 675 g/mol. The summed E-state index contributed by atoms with van der Waals surface area (Å²) in [6.07, 6.45) is 1.52. The minimum Gasteiger partial charge on any atom is -0.493 e. The van der Waals surface area contributed by atoms with Crippen LogP contribution >= 0.6 is 50.9 Å². The number of nitrogens with one attached hydrogen (secondary N) is 1. The molecule has 0 saturated heterocycles. The second-order valence-corrected chi connectivity index (χ2v) is 12.0. The highest BCUT2D eigenvalue weighted by Gasteiger charge is 2.36. The first-order chi connectivity index (χ1) is 20.8. The fraction of sp³-hybridized carbons (Fsp3) is 0.194. The molecule has 0 saturated carbocycles. The lowest BCUT2D eigenvalue weighted by Gasteiger charge is -2.28. The summed E-state index contributed by atoms with van der Waals surface area (Å²) in [7, 11) is 1.56. The number of thioether (sulfide) groups is 1. The lowest BCUT2D eigenvalue weighted by Crippen LogP contribution is -2.29. The van der Waals surface area contributed by atoms with Crippen molar-refractivity contribution in [2.45, 2.75) is 30.5 Å². The maximum absolute atomic E-state index is 13.4. The fourth-order valence-electron chi connectivity index (χ4n) is 4.54. The Balaban J connectivity index is 1.52. The normalized spacial score (nSPS) is 14.1. The molecule has 0 fully saturated rings. The number of carbonyl (C=O) groups is 1. The molecular formula is C31H27BrCl2N4O4S. The van der Waals surface area contributed by atoms with Gasteiger partial charge in [0.15, 0.2) is 11.5 Å². The highest BCUT2D eigenvalue weighted by Crippen LogP contribution is 2.44. The van der Waals surface area contributed by atoms with Crippen molar-refractivity contribution < 1.29 is 19.0 Å². The molecule has 0 aliphatic carbocycles. The lowest BCUT2D eigenvalue weighted by molar-refractivity contribution is -0.138. The van der Waals surface area contributed by atoms with Crippen LogP contribution in [0.25, 0.3) is 0 Å². The summed E-state index contributed by atoms with van der Waals surface area (Å²) in [6, 6.07) is 18.1. The molecule has 0 amide bonds. The first kappa shape index (κ1) is 31.0. The Morgan fingerprint density at radius 3 is 2.51 bits per heavy atom. The standard InChI is InChI=1S/C31H27BrCl2N4O4S/c1-4-13-41-29(39)26-18(2)35-30-36-31(43-17-20-10-6-8-12-24(20)34)37-38(30)27(26)21-14-22(32)28(25(15-21)40-3)42-16-19-9-5-7-11-23(19)33/h4-12,14-15,27H,1,13,16-17H2,2-3H3,(H,35,36,37). The minimum atomic E-state index is -0.682. The fourth-order valence-corrected chi connectivity index (χ4v) is 6.42. The molecule has 5 rings (SSSR count). The Bertz CT molecular complexity index is 1710. The number of benzene rings is 3. The van der Waals surface area contributed by atoms with Crippen molar-refractivity contribution in [3.8, 4) is 11.5 Å². The third kappa shape index (κ3) is 6.88. The Labute approximate surface area is 272 Å². The number of hydrogen-bond acceptors (Lipinski definition) is 8. The van der Waals surface area contributed by atoms with Gasteiger partial charge in [0.1, 0.15) is 19.3 Å². The predicted octanol–water partition coefficient (Wildman–Crippen LogP) is 8.25. The Hall–Kier alpha value is -3.44. The highest BCUT2D eigenvalue weighted by molar-refractivity contribution is 9.10. The second kappa shape index (κ2) is 13.9. The van der Waals surface area contributed by atoms with Gasteiger partial charge >= 0.3 is 5.97 Å². The van der Waals surface area contributed by atoms with E-state index in [1.165, 1.54) is 17.8 Å². The number of aromatic nitrogens is 3. The zero-order valence-electron chi connectivity index (χ0n) is 23.3. The third-order valence-electron chi connectivity index (χ3n) is 6.60. The van der Waals surface area contributed by atoms with Crippen LogP contribution in [0.2, 0.25) is 10.0 Å². The van der Waals surface area contributed by atoms with Gasteiger partial charge in [-0.25, -0.2) is 9.48 Å². The summed E-state index contributed by atoms with van der Waals surface area (Å²) in [6.45, 7) is 5.76. The highest BCUT2D eigenvalue weighted by atomic mass is 79.9. The summed E-state index contributed by atoms with van der Waals surface area (Å²) in [4.78, 5) is 18.1. The van der Waals surface area contributed by atoms with Gasteiger partial charge in [0.05, 0.1) is 17.2 Å². The van der Waals surface area contributed by atoms with Crippen molar-refractivity contribution in [1.29, 1.82) is 0 Å². The van der Waals surface area contributed by atoms with Crippen LogP contribution in [-0.4, -0.2) is 34.5 Å². The van der Waals surface area contributed by atoms with Crippen molar-refractivity contribution in [2.24, 2.45) is 0 Å². The number of halogens is 3. The van der Waals surface area contributed by atoms with E-state index in [9.17, 15) is 4.79 Å². The Morgan fingerprint density at radius 1 is 1.14 bits per heavy atom. The van der Waals surface area contributed by atoms with Crippen molar-refractivity contribution in [3.05, 3.63) is 116 Å². The average Bonchev–Trinajstić information content (AvgIpc) is 3.40. The number of hydrogen-bond donors (Lipinski definition) is 1. The SMILES string of the molecule is C=CCOC(=O)C1=C(C)Nc2nc(SCc3ccccc3Cl)nn2C1c1cc(Br)c(OCc2ccccc2Cl)c(OC)c1. The number of nitrogens with zero attached hydrogens (tertiary/aromatic N) is 3. The summed E-state index contributed by atoms with van der Waals surface area (Å²) < 4.78 is 19.7. The summed E-state index contributed by atoms with van der Waals surface area (Å²) in [5.41, 5.74) is 3.47. The van der Waals surface area contributed by atoms with E-state index in [-0.39, 0.29) is 13.2 Å². The summed E-state index contributed by atoms with van der Waals surface area (Å²) in [5, 5.41) is 9.81. The maximum atomic E-state index is 13.4. The van der Waals surface area contributed by atoms with Gasteiger partial charge in [-0.05, 0) is 58.2 Å². The van der Waals surface area contributed by atoms with Gasteiger partial charge in [-0.2, -0.15) is 4.98 Å². The van der Waals surface area contributed by atoms with Crippen molar-refractivity contribution >= 4 is 62.8 Å². The van der Waals surface area contributed by atoms with Gasteiger partial charge in [-0.15, -0.1) is 5.10 Å². The smallest absolute Gasteiger partial charge is 0.338 e. The Kier molecular flexibility index (Phi) is 10.0. The molecule has 1 aliphatic rings. The van der Waals surface area contributed by atoms with Crippen molar-refractivity contribution in [2.75, 3.05) is 19.0 Å². The van der Waals surface area contributed by atoms with Crippen LogP contribution in [0.3, 0.4) is 0 Å². The van der Waals surface area contributed by atoms with E-state index in [0.29, 0.717) is 59.7 Å². The lowest BCUT2D eigenvalue weighted by atomic mass is 9.95. The monoisotopic (exact) mass is 700 g/mol. The van der Waals surface area contributed by atoms with Crippen molar-refractivity contribution in [3.63, 3.8) is 0 Å². The molecule has 1 aromatic heterocycles. The average molecular weight is 702 g/mol. The van der Waals surface area contributed by atoms with E-state index >= 15 is 0 Å². The molecule has 4 aromatic rings. The van der Waals surface area contributed by atoms with Crippen molar-refractivity contribution in [1.82, 2.24) is 14.8 Å². The van der Waals surface area contributed by atoms with Crippen LogP contribution in [0, 0.1) is 0 Å². The number of anilines is 1. The van der Waals surface area contributed by atoms with E-state index in [2.05, 4.69) is 27.8 Å². The molecule has 0 spiro atoms. The van der Waals surface area contributed by atoms with E-state index in [0.717, 1.165) is 11.1 Å². The first-order valence-corrected chi connectivity index (χ1v) is 15.7. The van der Waals surface area contributed by atoms with Gasteiger partial charge in [-0.3, -0.25) is 0 Å². The molecule has 2 heterocycles. The molecule has 12 heteroatoms. The molecule has 1 unspecified atom stereocenters. The van der Waals surface area contributed by atoms with Crippen LogP contribution < -0.4 is 14.8 Å². The van der Waals surface area contributed by atoms with Gasteiger partial charge in [0.25, 0.3) is 0 Å². The summed E-state index contributed by atoms with van der Waals surface area (Å²) in [5.74, 6) is 1.51. The maximum Gasteiger partial charge on any atom is 0.338 e.